The van der Waals surface area contributed by atoms with E-state index in [1.165, 1.54) is 36.1 Å². The third-order valence-corrected chi connectivity index (χ3v) is 6.78. The highest BCUT2D eigenvalue weighted by Gasteiger charge is 2.12. The van der Waals surface area contributed by atoms with Crippen molar-refractivity contribution in [1.82, 2.24) is 4.90 Å². The van der Waals surface area contributed by atoms with Gasteiger partial charge in [-0.2, -0.15) is 0 Å². The Morgan fingerprint density at radius 3 is 1.92 bits per heavy atom. The Balaban J connectivity index is 1.95. The van der Waals surface area contributed by atoms with Crippen LogP contribution in [0.3, 0.4) is 0 Å². The van der Waals surface area contributed by atoms with Gasteiger partial charge in [-0.3, -0.25) is 0 Å². The first-order chi connectivity index (χ1) is 11.8. The van der Waals surface area contributed by atoms with Crippen molar-refractivity contribution in [3.05, 3.63) is 71.8 Å². The molecule has 0 radical (unpaired) electrons. The second kappa shape index (κ2) is 11.6. The number of nitrogens with zero attached hydrogens (tertiary/aromatic N) is 1. The molecule has 0 fully saturated rings. The van der Waals surface area contributed by atoms with Crippen molar-refractivity contribution in [2.75, 3.05) is 5.75 Å². The molecule has 2 aromatic carbocycles. The fourth-order valence-corrected chi connectivity index (χ4v) is 4.87. The van der Waals surface area contributed by atoms with Gasteiger partial charge < -0.3 is 4.90 Å². The SMILES string of the molecule is CCCCCSSC(=S)N(Cc1ccccc1)Cc1ccccc1. The molecule has 0 spiro atoms. The Hall–Kier alpha value is -0.970. The first-order valence-corrected chi connectivity index (χ1v) is 11.2. The molecular weight excluding hydrogens is 350 g/mol. The molecule has 0 saturated heterocycles. The molecule has 0 heterocycles. The summed E-state index contributed by atoms with van der Waals surface area (Å²) in [5.41, 5.74) is 2.60. The highest BCUT2D eigenvalue weighted by molar-refractivity contribution is 8.83. The molecule has 0 aliphatic carbocycles. The summed E-state index contributed by atoms with van der Waals surface area (Å²) in [6.45, 7) is 3.96. The average molecular weight is 376 g/mol. The number of benzene rings is 2. The van der Waals surface area contributed by atoms with Crippen LogP contribution in [0.1, 0.15) is 37.3 Å². The van der Waals surface area contributed by atoms with E-state index in [1.807, 2.05) is 10.8 Å². The van der Waals surface area contributed by atoms with Gasteiger partial charge in [-0.25, -0.2) is 0 Å². The van der Waals surface area contributed by atoms with Gasteiger partial charge >= 0.3 is 0 Å². The minimum absolute atomic E-state index is 0.858. The maximum atomic E-state index is 5.72. The van der Waals surface area contributed by atoms with Gasteiger partial charge in [0.25, 0.3) is 0 Å². The highest BCUT2D eigenvalue weighted by Crippen LogP contribution is 2.28. The van der Waals surface area contributed by atoms with Crippen LogP contribution >= 0.6 is 33.8 Å². The second-order valence-corrected chi connectivity index (χ2v) is 8.76. The van der Waals surface area contributed by atoms with Crippen LogP contribution in [0.5, 0.6) is 0 Å². The van der Waals surface area contributed by atoms with E-state index in [4.69, 9.17) is 12.2 Å². The lowest BCUT2D eigenvalue weighted by molar-refractivity contribution is 0.421. The van der Waals surface area contributed by atoms with Gasteiger partial charge in [0.05, 0.1) is 0 Å². The van der Waals surface area contributed by atoms with E-state index in [1.54, 1.807) is 10.8 Å². The highest BCUT2D eigenvalue weighted by atomic mass is 33.1. The number of hydrogen-bond acceptors (Lipinski definition) is 3. The summed E-state index contributed by atoms with van der Waals surface area (Å²) in [5.74, 6) is 1.17. The monoisotopic (exact) mass is 375 g/mol. The molecule has 128 valence electrons. The summed E-state index contributed by atoms with van der Waals surface area (Å²) in [6, 6.07) is 21.1. The fourth-order valence-electron chi connectivity index (χ4n) is 2.35. The third-order valence-electron chi connectivity index (χ3n) is 3.65. The van der Waals surface area contributed by atoms with E-state index < -0.39 is 0 Å². The summed E-state index contributed by atoms with van der Waals surface area (Å²) in [7, 11) is 3.63. The second-order valence-electron chi connectivity index (χ2n) is 5.71. The Morgan fingerprint density at radius 1 is 0.875 bits per heavy atom. The lowest BCUT2D eigenvalue weighted by atomic mass is 10.2. The van der Waals surface area contributed by atoms with Crippen LogP contribution in [0, 0.1) is 0 Å². The fraction of sp³-hybridized carbons (Fsp3) is 0.350. The Kier molecular flexibility index (Phi) is 9.32. The van der Waals surface area contributed by atoms with E-state index in [0.29, 0.717) is 0 Å². The van der Waals surface area contributed by atoms with Crippen LogP contribution in [0.2, 0.25) is 0 Å². The molecule has 24 heavy (non-hydrogen) atoms. The van der Waals surface area contributed by atoms with Gasteiger partial charge in [-0.1, -0.05) is 103 Å². The van der Waals surface area contributed by atoms with Crippen molar-refractivity contribution in [2.24, 2.45) is 0 Å². The zero-order chi connectivity index (χ0) is 17.0. The normalized spacial score (nSPS) is 10.5. The van der Waals surface area contributed by atoms with E-state index in [2.05, 4.69) is 72.5 Å². The summed E-state index contributed by atoms with van der Waals surface area (Å²) in [5, 5.41) is 0. The molecule has 2 aromatic rings. The van der Waals surface area contributed by atoms with Crippen LogP contribution in [0.4, 0.5) is 0 Å². The Morgan fingerprint density at radius 2 is 1.42 bits per heavy atom. The molecular formula is C20H25NS3. The van der Waals surface area contributed by atoms with Crippen LogP contribution < -0.4 is 0 Å². The minimum atomic E-state index is 0.858. The maximum absolute atomic E-state index is 5.72. The quantitative estimate of drug-likeness (QED) is 0.278. The van der Waals surface area contributed by atoms with Gasteiger partial charge in [-0.05, 0) is 28.3 Å². The molecule has 0 aliphatic heterocycles. The number of rotatable bonds is 9. The largest absolute Gasteiger partial charge is 0.348 e. The summed E-state index contributed by atoms with van der Waals surface area (Å²) in [4.78, 5) is 2.30. The molecule has 0 saturated carbocycles. The van der Waals surface area contributed by atoms with Gasteiger partial charge in [0.1, 0.15) is 4.32 Å². The van der Waals surface area contributed by atoms with Gasteiger partial charge in [-0.15, -0.1) is 0 Å². The smallest absolute Gasteiger partial charge is 0.147 e. The van der Waals surface area contributed by atoms with Crippen molar-refractivity contribution in [3.8, 4) is 0 Å². The van der Waals surface area contributed by atoms with Gasteiger partial charge in [0.15, 0.2) is 0 Å². The lowest BCUT2D eigenvalue weighted by Crippen LogP contribution is -2.26. The molecule has 0 N–H and O–H groups in total. The van der Waals surface area contributed by atoms with E-state index >= 15 is 0 Å². The molecule has 0 unspecified atom stereocenters. The molecule has 0 atom stereocenters. The predicted molar refractivity (Wildman–Crippen MR) is 114 cm³/mol. The van der Waals surface area contributed by atoms with E-state index in [-0.39, 0.29) is 0 Å². The van der Waals surface area contributed by atoms with Crippen LogP contribution in [0.15, 0.2) is 60.7 Å². The number of hydrogen-bond donors (Lipinski definition) is 0. The van der Waals surface area contributed by atoms with Crippen molar-refractivity contribution < 1.29 is 0 Å². The van der Waals surface area contributed by atoms with Crippen molar-refractivity contribution >= 4 is 38.1 Å². The van der Waals surface area contributed by atoms with E-state index in [9.17, 15) is 0 Å². The summed E-state index contributed by atoms with van der Waals surface area (Å²) in [6.07, 6.45) is 3.84. The summed E-state index contributed by atoms with van der Waals surface area (Å²) < 4.78 is 0.976. The standard InChI is InChI=1S/C20H25NS3/c1-2-3-10-15-23-24-20(22)21(16-18-11-6-4-7-12-18)17-19-13-8-5-9-14-19/h4-9,11-14H,2-3,10,15-17H2,1H3. The molecule has 0 aromatic heterocycles. The molecule has 4 heteroatoms. The van der Waals surface area contributed by atoms with Gasteiger partial charge in [0.2, 0.25) is 0 Å². The molecule has 2 rings (SSSR count). The van der Waals surface area contributed by atoms with Crippen LogP contribution in [-0.2, 0) is 13.1 Å². The molecule has 0 amide bonds. The average Bonchev–Trinajstić information content (AvgIpc) is 2.62. The Bertz CT molecular complexity index is 545. The van der Waals surface area contributed by atoms with Gasteiger partial charge in [0, 0.05) is 18.8 Å². The number of thiocarbonyl (C=S) groups is 1. The molecule has 1 nitrogen and oxygen atoms in total. The van der Waals surface area contributed by atoms with Crippen molar-refractivity contribution in [3.63, 3.8) is 0 Å². The Labute approximate surface area is 159 Å². The van der Waals surface area contributed by atoms with Crippen LogP contribution in [0.25, 0.3) is 0 Å². The minimum Gasteiger partial charge on any atom is -0.348 e. The van der Waals surface area contributed by atoms with Crippen molar-refractivity contribution in [1.29, 1.82) is 0 Å². The van der Waals surface area contributed by atoms with Crippen LogP contribution in [-0.4, -0.2) is 15.0 Å². The number of unbranched alkanes of at least 4 members (excludes halogenated alkanes) is 2. The predicted octanol–water partition coefficient (Wildman–Crippen LogP) is 6.55. The molecule has 0 bridgehead atoms. The third kappa shape index (κ3) is 7.29. The maximum Gasteiger partial charge on any atom is 0.147 e. The topological polar surface area (TPSA) is 3.24 Å². The first-order valence-electron chi connectivity index (χ1n) is 8.46. The first kappa shape index (κ1) is 19.4. The lowest BCUT2D eigenvalue weighted by Gasteiger charge is -2.25. The van der Waals surface area contributed by atoms with E-state index in [0.717, 1.165) is 17.4 Å². The molecule has 0 aliphatic rings. The zero-order valence-electron chi connectivity index (χ0n) is 14.2. The summed E-state index contributed by atoms with van der Waals surface area (Å²) >= 11 is 5.72. The van der Waals surface area contributed by atoms with Crippen molar-refractivity contribution in [2.45, 2.75) is 39.3 Å². The zero-order valence-corrected chi connectivity index (χ0v) is 16.6.